The molecule has 1 saturated heterocycles. The highest BCUT2D eigenvalue weighted by Crippen LogP contribution is 2.40. The zero-order valence-electron chi connectivity index (χ0n) is 26.5. The molecular formula is C34H41N5O6S. The van der Waals surface area contributed by atoms with Crippen molar-refractivity contribution in [1.82, 2.24) is 25.5 Å². The van der Waals surface area contributed by atoms with Gasteiger partial charge in [0.05, 0.1) is 11.9 Å². The Morgan fingerprint density at radius 1 is 1.07 bits per heavy atom. The summed E-state index contributed by atoms with van der Waals surface area (Å²) in [7, 11) is 0. The highest BCUT2D eigenvalue weighted by Gasteiger charge is 2.49. The molecular weight excluding hydrogens is 606 g/mol. The van der Waals surface area contributed by atoms with Crippen molar-refractivity contribution < 1.29 is 29.3 Å². The summed E-state index contributed by atoms with van der Waals surface area (Å²) in [6.07, 6.45) is -0.940. The largest absolute Gasteiger partial charge is 0.490 e. The first kappa shape index (κ1) is 33.4. The fourth-order valence-corrected chi connectivity index (χ4v) is 7.24. The van der Waals surface area contributed by atoms with E-state index in [2.05, 4.69) is 20.6 Å². The summed E-state index contributed by atoms with van der Waals surface area (Å²) in [6.45, 7) is 7.72. The number of aliphatic hydroxyl groups is 2. The summed E-state index contributed by atoms with van der Waals surface area (Å²) in [5.41, 5.74) is 3.85. The summed E-state index contributed by atoms with van der Waals surface area (Å²) < 4.78 is 5.00. The normalized spacial score (nSPS) is 21.4. The van der Waals surface area contributed by atoms with Crippen molar-refractivity contribution in [3.8, 4) is 5.75 Å². The van der Waals surface area contributed by atoms with E-state index in [1.165, 1.54) is 23.0 Å². The Labute approximate surface area is 273 Å². The molecule has 3 amide bonds. The minimum Gasteiger partial charge on any atom is -0.490 e. The summed E-state index contributed by atoms with van der Waals surface area (Å²) in [5.74, 6) is -1.37. The molecule has 0 aliphatic carbocycles. The Kier molecular flexibility index (Phi) is 10.3. The maximum atomic E-state index is 13.8. The van der Waals surface area contributed by atoms with Crippen molar-refractivity contribution in [2.75, 3.05) is 12.5 Å². The summed E-state index contributed by atoms with van der Waals surface area (Å²) in [6, 6.07) is 15.0. The number of aliphatic hydroxyl groups excluding tert-OH is 2. The molecule has 46 heavy (non-hydrogen) atoms. The van der Waals surface area contributed by atoms with Crippen LogP contribution < -0.4 is 15.4 Å². The molecule has 2 aromatic carbocycles. The van der Waals surface area contributed by atoms with Crippen LogP contribution in [0.15, 0.2) is 60.9 Å². The van der Waals surface area contributed by atoms with Gasteiger partial charge in [-0.05, 0) is 52.2 Å². The molecule has 0 spiro atoms. The van der Waals surface area contributed by atoms with Crippen molar-refractivity contribution in [2.45, 2.75) is 76.1 Å². The van der Waals surface area contributed by atoms with Gasteiger partial charge in [-0.2, -0.15) is 0 Å². The van der Waals surface area contributed by atoms with Crippen LogP contribution >= 0.6 is 11.8 Å². The molecule has 3 aromatic rings. The van der Waals surface area contributed by atoms with Crippen LogP contribution in [0.25, 0.3) is 0 Å². The molecule has 0 unspecified atom stereocenters. The van der Waals surface area contributed by atoms with Gasteiger partial charge in [0.2, 0.25) is 11.8 Å². The van der Waals surface area contributed by atoms with Gasteiger partial charge in [0.1, 0.15) is 36.9 Å². The van der Waals surface area contributed by atoms with Crippen LogP contribution in [-0.4, -0.2) is 78.3 Å². The third kappa shape index (κ3) is 7.35. The SMILES string of the molecule is Cc1ncnc(C)c1CNC(=O)[C@H]1N(C(=O)[C@@H](O)C[C@@H](Cc2ccccc2)C(=O)N[C@H]2c3ccccc3OC[C@H]2O)CSC1(C)C. The molecule has 244 valence electrons. The lowest BCUT2D eigenvalue weighted by Gasteiger charge is -2.33. The Hall–Kier alpha value is -4.00. The van der Waals surface area contributed by atoms with Gasteiger partial charge in [-0.25, -0.2) is 9.97 Å². The number of amides is 3. The van der Waals surface area contributed by atoms with Crippen molar-refractivity contribution in [1.29, 1.82) is 0 Å². The minimum absolute atomic E-state index is 0.0225. The number of hydrogen-bond acceptors (Lipinski definition) is 9. The predicted octanol–water partition coefficient (Wildman–Crippen LogP) is 2.61. The van der Waals surface area contributed by atoms with Crippen molar-refractivity contribution in [2.24, 2.45) is 5.92 Å². The molecule has 5 rings (SSSR count). The number of ether oxygens (including phenoxy) is 1. The maximum absolute atomic E-state index is 13.8. The van der Waals surface area contributed by atoms with E-state index in [4.69, 9.17) is 4.74 Å². The number of thioether (sulfide) groups is 1. The average molecular weight is 648 g/mol. The van der Waals surface area contributed by atoms with Gasteiger partial charge in [-0.3, -0.25) is 14.4 Å². The number of fused-ring (bicyclic) bond motifs is 1. The molecule has 5 atom stereocenters. The van der Waals surface area contributed by atoms with Gasteiger partial charge >= 0.3 is 0 Å². The van der Waals surface area contributed by atoms with Gasteiger partial charge in [0, 0.05) is 39.7 Å². The fraction of sp³-hybridized carbons (Fsp3) is 0.441. The van der Waals surface area contributed by atoms with Crippen LogP contribution in [0.1, 0.15) is 54.4 Å². The molecule has 0 saturated carbocycles. The van der Waals surface area contributed by atoms with Crippen LogP contribution in [0.2, 0.25) is 0 Å². The third-order valence-corrected chi connectivity index (χ3v) is 10.1. The van der Waals surface area contributed by atoms with E-state index < -0.39 is 46.8 Å². The summed E-state index contributed by atoms with van der Waals surface area (Å²) >= 11 is 1.45. The fourth-order valence-electron chi connectivity index (χ4n) is 6.10. The van der Waals surface area contributed by atoms with Gasteiger partial charge in [-0.15, -0.1) is 11.8 Å². The lowest BCUT2D eigenvalue weighted by molar-refractivity contribution is -0.147. The van der Waals surface area contributed by atoms with E-state index in [1.54, 1.807) is 18.2 Å². The van der Waals surface area contributed by atoms with Crippen LogP contribution in [0.4, 0.5) is 0 Å². The second-order valence-electron chi connectivity index (χ2n) is 12.4. The molecule has 4 N–H and O–H groups in total. The van der Waals surface area contributed by atoms with Crippen LogP contribution in [0.5, 0.6) is 5.75 Å². The standard InChI is InChI=1S/C34H41N5O6S/c1-20-25(21(2)37-18-36-20)16-35-32(43)30-34(3,4)46-19-39(30)33(44)26(40)15-23(14-22-10-6-5-7-11-22)31(42)38-29-24-12-8-9-13-28(24)45-17-27(29)41/h5-13,18,23,26-27,29-30,40-41H,14-17,19H2,1-4H3,(H,35,43)(H,38,42)/t23-,26+,27-,29+,30-/m1/s1. The highest BCUT2D eigenvalue weighted by molar-refractivity contribution is 8.00. The zero-order valence-corrected chi connectivity index (χ0v) is 27.3. The lowest BCUT2D eigenvalue weighted by Crippen LogP contribution is -2.55. The number of aryl methyl sites for hydroxylation is 2. The van der Waals surface area contributed by atoms with Crippen molar-refractivity contribution >= 4 is 29.5 Å². The van der Waals surface area contributed by atoms with Gasteiger partial charge in [-0.1, -0.05) is 48.5 Å². The van der Waals surface area contributed by atoms with Gasteiger partial charge in [0.15, 0.2) is 0 Å². The first-order chi connectivity index (χ1) is 22.0. The molecule has 0 radical (unpaired) electrons. The first-order valence-electron chi connectivity index (χ1n) is 15.4. The number of benzene rings is 2. The maximum Gasteiger partial charge on any atom is 0.252 e. The number of aromatic nitrogens is 2. The number of para-hydroxylation sites is 1. The summed E-state index contributed by atoms with van der Waals surface area (Å²) in [4.78, 5) is 51.1. The first-order valence-corrected chi connectivity index (χ1v) is 16.4. The van der Waals surface area contributed by atoms with E-state index >= 15 is 0 Å². The Bertz CT molecular complexity index is 1550. The quantitative estimate of drug-likeness (QED) is 0.260. The van der Waals surface area contributed by atoms with Crippen LogP contribution in [-0.2, 0) is 27.3 Å². The topological polar surface area (TPSA) is 154 Å². The molecule has 3 heterocycles. The van der Waals surface area contributed by atoms with E-state index in [0.29, 0.717) is 11.3 Å². The smallest absolute Gasteiger partial charge is 0.252 e. The Morgan fingerprint density at radius 3 is 2.46 bits per heavy atom. The third-order valence-electron chi connectivity index (χ3n) is 8.73. The monoisotopic (exact) mass is 647 g/mol. The van der Waals surface area contributed by atoms with Gasteiger partial charge in [0.25, 0.3) is 5.91 Å². The predicted molar refractivity (Wildman–Crippen MR) is 174 cm³/mol. The van der Waals surface area contributed by atoms with Crippen LogP contribution in [0.3, 0.4) is 0 Å². The Balaban J connectivity index is 1.32. The number of nitrogens with one attached hydrogen (secondary N) is 2. The van der Waals surface area contributed by atoms with Gasteiger partial charge < -0.3 is 30.5 Å². The molecule has 2 aliphatic heterocycles. The number of rotatable bonds is 10. The number of hydrogen-bond donors (Lipinski definition) is 4. The molecule has 1 aromatic heterocycles. The molecule has 0 bridgehead atoms. The number of nitrogens with zero attached hydrogens (tertiary/aromatic N) is 3. The summed E-state index contributed by atoms with van der Waals surface area (Å²) in [5, 5.41) is 28.0. The average Bonchev–Trinajstić information content (AvgIpc) is 3.36. The second-order valence-corrected chi connectivity index (χ2v) is 14.0. The minimum atomic E-state index is -1.54. The molecule has 1 fully saturated rings. The molecule has 2 aliphatic rings. The number of carbonyl (C=O) groups is 3. The van der Waals surface area contributed by atoms with E-state index in [-0.39, 0.29) is 37.8 Å². The van der Waals surface area contributed by atoms with E-state index in [9.17, 15) is 24.6 Å². The van der Waals surface area contributed by atoms with Crippen LogP contribution in [0, 0.1) is 19.8 Å². The second kappa shape index (κ2) is 14.2. The van der Waals surface area contributed by atoms with E-state index in [0.717, 1.165) is 22.5 Å². The zero-order chi connectivity index (χ0) is 33.0. The number of carbonyl (C=O) groups excluding carboxylic acids is 3. The highest BCUT2D eigenvalue weighted by atomic mass is 32.2. The van der Waals surface area contributed by atoms with E-state index in [1.807, 2.05) is 64.1 Å². The molecule has 11 nitrogen and oxygen atoms in total. The molecule has 12 heteroatoms. The lowest BCUT2D eigenvalue weighted by atomic mass is 9.90. The van der Waals surface area contributed by atoms with Crippen molar-refractivity contribution in [3.05, 3.63) is 89.0 Å². The van der Waals surface area contributed by atoms with Crippen molar-refractivity contribution in [3.63, 3.8) is 0 Å². The Morgan fingerprint density at radius 2 is 1.74 bits per heavy atom.